The summed E-state index contributed by atoms with van der Waals surface area (Å²) in [6.07, 6.45) is 0. The lowest BCUT2D eigenvalue weighted by atomic mass is 9.94. The molecule has 2 atom stereocenters. The molecule has 1 aromatic rings. The van der Waals surface area contributed by atoms with E-state index in [2.05, 4.69) is 59.0 Å². The van der Waals surface area contributed by atoms with Crippen LogP contribution in [0, 0.1) is 20.8 Å². The van der Waals surface area contributed by atoms with Gasteiger partial charge in [-0.2, -0.15) is 11.8 Å². The smallest absolute Gasteiger partial charge is 0.0299 e. The minimum Gasteiger partial charge on any atom is -0.307 e. The van der Waals surface area contributed by atoms with Crippen molar-refractivity contribution in [2.24, 2.45) is 0 Å². The Morgan fingerprint density at radius 3 is 2.17 bits per heavy atom. The fraction of sp³-hybridized carbons (Fsp3) is 0.625. The van der Waals surface area contributed by atoms with Crippen LogP contribution in [0.4, 0.5) is 0 Å². The molecular formula is C16H27NS. The van der Waals surface area contributed by atoms with Gasteiger partial charge in [-0.1, -0.05) is 24.6 Å². The number of rotatable bonds is 6. The maximum absolute atomic E-state index is 3.71. The quantitative estimate of drug-likeness (QED) is 0.818. The molecule has 0 aliphatic carbocycles. The summed E-state index contributed by atoms with van der Waals surface area (Å²) in [6, 6.07) is 5.56. The van der Waals surface area contributed by atoms with E-state index in [9.17, 15) is 0 Å². The topological polar surface area (TPSA) is 12.0 Å². The van der Waals surface area contributed by atoms with E-state index in [0.29, 0.717) is 12.1 Å². The predicted molar refractivity (Wildman–Crippen MR) is 84.7 cm³/mol. The highest BCUT2D eigenvalue weighted by Gasteiger charge is 2.14. The first-order valence-corrected chi connectivity index (χ1v) is 8.02. The third-order valence-electron chi connectivity index (χ3n) is 3.28. The molecule has 0 bridgehead atoms. The van der Waals surface area contributed by atoms with Crippen LogP contribution in [0.3, 0.4) is 0 Å². The standard InChI is InChI=1S/C16H27NS/c1-7-18-10-14(5)17-15(6)16-12(3)8-11(2)9-13(16)4/h8-9,14-15,17H,7,10H2,1-6H3. The molecule has 1 aromatic carbocycles. The van der Waals surface area contributed by atoms with Gasteiger partial charge in [0.1, 0.15) is 0 Å². The Morgan fingerprint density at radius 2 is 1.67 bits per heavy atom. The van der Waals surface area contributed by atoms with Gasteiger partial charge in [0, 0.05) is 17.8 Å². The Hall–Kier alpha value is -0.470. The summed E-state index contributed by atoms with van der Waals surface area (Å²) in [4.78, 5) is 0. The second-order valence-electron chi connectivity index (χ2n) is 5.26. The average Bonchev–Trinajstić information content (AvgIpc) is 2.24. The van der Waals surface area contributed by atoms with Crippen LogP contribution in [0.1, 0.15) is 49.1 Å². The molecule has 0 aliphatic rings. The fourth-order valence-corrected chi connectivity index (χ4v) is 3.41. The normalized spacial score (nSPS) is 14.6. The van der Waals surface area contributed by atoms with E-state index in [4.69, 9.17) is 0 Å². The minimum atomic E-state index is 0.429. The lowest BCUT2D eigenvalue weighted by Gasteiger charge is -2.23. The molecular weight excluding hydrogens is 238 g/mol. The van der Waals surface area contributed by atoms with Crippen LogP contribution in [0.25, 0.3) is 0 Å². The van der Waals surface area contributed by atoms with Crippen molar-refractivity contribution >= 4 is 11.8 Å². The molecule has 0 heterocycles. The van der Waals surface area contributed by atoms with Gasteiger partial charge in [-0.15, -0.1) is 0 Å². The summed E-state index contributed by atoms with van der Waals surface area (Å²) in [6.45, 7) is 13.4. The summed E-state index contributed by atoms with van der Waals surface area (Å²) in [5, 5.41) is 3.71. The number of aryl methyl sites for hydroxylation is 3. The highest BCUT2D eigenvalue weighted by molar-refractivity contribution is 7.99. The molecule has 102 valence electrons. The number of nitrogens with one attached hydrogen (secondary N) is 1. The summed E-state index contributed by atoms with van der Waals surface area (Å²) >= 11 is 2.00. The Kier molecular flexibility index (Phi) is 6.24. The van der Waals surface area contributed by atoms with Crippen molar-refractivity contribution in [2.75, 3.05) is 11.5 Å². The van der Waals surface area contributed by atoms with Gasteiger partial charge in [0.15, 0.2) is 0 Å². The molecule has 0 aliphatic heterocycles. The van der Waals surface area contributed by atoms with Gasteiger partial charge in [-0.05, 0) is 57.1 Å². The van der Waals surface area contributed by atoms with Gasteiger partial charge in [-0.3, -0.25) is 0 Å². The summed E-state index contributed by atoms with van der Waals surface area (Å²) in [5.74, 6) is 2.38. The molecule has 0 fully saturated rings. The Balaban J connectivity index is 2.75. The van der Waals surface area contributed by atoms with Crippen molar-refractivity contribution in [3.8, 4) is 0 Å². The third kappa shape index (κ3) is 4.33. The van der Waals surface area contributed by atoms with Gasteiger partial charge < -0.3 is 5.32 Å². The molecule has 0 spiro atoms. The zero-order chi connectivity index (χ0) is 13.7. The van der Waals surface area contributed by atoms with Crippen LogP contribution >= 0.6 is 11.8 Å². The SMILES string of the molecule is CCSCC(C)NC(C)c1c(C)cc(C)cc1C. The van der Waals surface area contributed by atoms with E-state index < -0.39 is 0 Å². The van der Waals surface area contributed by atoms with E-state index in [-0.39, 0.29) is 0 Å². The van der Waals surface area contributed by atoms with Gasteiger partial charge in [0.2, 0.25) is 0 Å². The van der Waals surface area contributed by atoms with Crippen molar-refractivity contribution in [1.82, 2.24) is 5.32 Å². The van der Waals surface area contributed by atoms with E-state index in [0.717, 1.165) is 0 Å². The Bertz CT molecular complexity index is 364. The molecule has 0 radical (unpaired) electrons. The Morgan fingerprint density at radius 1 is 1.11 bits per heavy atom. The van der Waals surface area contributed by atoms with Gasteiger partial charge in [-0.25, -0.2) is 0 Å². The molecule has 0 amide bonds. The third-order valence-corrected chi connectivity index (χ3v) is 4.42. The number of hydrogen-bond acceptors (Lipinski definition) is 2. The summed E-state index contributed by atoms with van der Waals surface area (Å²) in [5.41, 5.74) is 5.63. The van der Waals surface area contributed by atoms with Gasteiger partial charge >= 0.3 is 0 Å². The van der Waals surface area contributed by atoms with E-state index >= 15 is 0 Å². The van der Waals surface area contributed by atoms with Gasteiger partial charge in [0.25, 0.3) is 0 Å². The van der Waals surface area contributed by atoms with Crippen LogP contribution in [0.15, 0.2) is 12.1 Å². The van der Waals surface area contributed by atoms with Crippen LogP contribution in [0.2, 0.25) is 0 Å². The first-order chi connectivity index (χ1) is 8.45. The van der Waals surface area contributed by atoms with E-state index in [1.54, 1.807) is 0 Å². The van der Waals surface area contributed by atoms with Crippen LogP contribution < -0.4 is 5.32 Å². The van der Waals surface area contributed by atoms with Crippen LogP contribution in [-0.4, -0.2) is 17.5 Å². The average molecular weight is 265 g/mol. The molecule has 18 heavy (non-hydrogen) atoms. The fourth-order valence-electron chi connectivity index (χ4n) is 2.73. The molecule has 2 unspecified atom stereocenters. The van der Waals surface area contributed by atoms with Crippen molar-refractivity contribution < 1.29 is 0 Å². The molecule has 2 heteroatoms. The number of hydrogen-bond donors (Lipinski definition) is 1. The molecule has 1 N–H and O–H groups in total. The predicted octanol–water partition coefficient (Wildman–Crippen LogP) is 4.40. The lowest BCUT2D eigenvalue weighted by Crippen LogP contribution is -2.31. The number of thioether (sulfide) groups is 1. The number of benzene rings is 1. The monoisotopic (exact) mass is 265 g/mol. The van der Waals surface area contributed by atoms with Crippen molar-refractivity contribution in [3.63, 3.8) is 0 Å². The zero-order valence-corrected chi connectivity index (χ0v) is 13.4. The molecule has 0 saturated heterocycles. The van der Waals surface area contributed by atoms with Crippen molar-refractivity contribution in [3.05, 3.63) is 34.4 Å². The zero-order valence-electron chi connectivity index (χ0n) is 12.6. The Labute approximate surface area is 117 Å². The van der Waals surface area contributed by atoms with Crippen LogP contribution in [0.5, 0.6) is 0 Å². The molecule has 0 saturated carbocycles. The molecule has 1 nitrogen and oxygen atoms in total. The molecule has 1 rings (SSSR count). The van der Waals surface area contributed by atoms with Crippen molar-refractivity contribution in [2.45, 2.75) is 53.6 Å². The highest BCUT2D eigenvalue weighted by atomic mass is 32.2. The second-order valence-corrected chi connectivity index (χ2v) is 6.58. The summed E-state index contributed by atoms with van der Waals surface area (Å²) < 4.78 is 0. The van der Waals surface area contributed by atoms with E-state index in [1.165, 1.54) is 33.8 Å². The lowest BCUT2D eigenvalue weighted by molar-refractivity contribution is 0.508. The first kappa shape index (κ1) is 15.6. The maximum Gasteiger partial charge on any atom is 0.0299 e. The minimum absolute atomic E-state index is 0.429. The second kappa shape index (κ2) is 7.20. The van der Waals surface area contributed by atoms with E-state index in [1.807, 2.05) is 11.8 Å². The van der Waals surface area contributed by atoms with Crippen molar-refractivity contribution in [1.29, 1.82) is 0 Å². The highest BCUT2D eigenvalue weighted by Crippen LogP contribution is 2.23. The van der Waals surface area contributed by atoms with Crippen LogP contribution in [-0.2, 0) is 0 Å². The maximum atomic E-state index is 3.71. The van der Waals surface area contributed by atoms with Gasteiger partial charge in [0.05, 0.1) is 0 Å². The largest absolute Gasteiger partial charge is 0.307 e. The summed E-state index contributed by atoms with van der Waals surface area (Å²) in [7, 11) is 0. The molecule has 0 aromatic heterocycles. The first-order valence-electron chi connectivity index (χ1n) is 6.87.